The van der Waals surface area contributed by atoms with Gasteiger partial charge in [-0.25, -0.2) is 13.2 Å². The van der Waals surface area contributed by atoms with Crippen LogP contribution >= 0.6 is 0 Å². The molecule has 1 aromatic rings. The number of hydrogen-bond donors (Lipinski definition) is 0. The second-order valence-corrected chi connectivity index (χ2v) is 4.13. The highest BCUT2D eigenvalue weighted by Gasteiger charge is 2.30. The topological polar surface area (TPSA) is 52.6 Å². The first-order valence-electron chi connectivity index (χ1n) is 6.37. The summed E-state index contributed by atoms with van der Waals surface area (Å²) in [7, 11) is 0. The Bertz CT molecular complexity index is 490. The molecule has 4 nitrogen and oxygen atoms in total. The lowest BCUT2D eigenvalue weighted by Crippen LogP contribution is -2.30. The van der Waals surface area contributed by atoms with Crippen LogP contribution in [0.15, 0.2) is 12.1 Å². The normalized spacial score (nSPS) is 10.6. The highest BCUT2D eigenvalue weighted by molar-refractivity contribution is 5.95. The lowest BCUT2D eigenvalue weighted by atomic mass is 9.99. The molecule has 0 saturated heterocycles. The van der Waals surface area contributed by atoms with Crippen molar-refractivity contribution >= 4 is 11.9 Å². The van der Waals surface area contributed by atoms with Crippen molar-refractivity contribution in [2.24, 2.45) is 5.92 Å². The summed E-state index contributed by atoms with van der Waals surface area (Å²) < 4.78 is 48.6. The van der Waals surface area contributed by atoms with Crippen LogP contribution in [0.4, 0.5) is 13.2 Å². The van der Waals surface area contributed by atoms with Crippen LogP contribution in [0.1, 0.15) is 19.4 Å². The first kappa shape index (κ1) is 17.0. The number of carbonyl (C=O) groups is 2. The maximum Gasteiger partial charge on any atom is 0.320 e. The third-order valence-corrected chi connectivity index (χ3v) is 2.63. The Balaban J connectivity index is 3.00. The van der Waals surface area contributed by atoms with Crippen molar-refractivity contribution < 1.29 is 32.2 Å². The van der Waals surface area contributed by atoms with Gasteiger partial charge in [-0.3, -0.25) is 9.59 Å². The molecule has 0 amide bonds. The van der Waals surface area contributed by atoms with E-state index in [-0.39, 0.29) is 25.2 Å². The Labute approximate surface area is 119 Å². The standard InChI is InChI=1S/C14H15F3O4/c1-3-20-13(18)9(14(19)21-4-2)5-8-6-10(15)12(17)11(16)7-8/h6-7,9H,3-5H2,1-2H3. The predicted octanol–water partition coefficient (Wildman–Crippen LogP) is 2.39. The zero-order chi connectivity index (χ0) is 16.0. The van der Waals surface area contributed by atoms with Crippen molar-refractivity contribution in [3.63, 3.8) is 0 Å². The summed E-state index contributed by atoms with van der Waals surface area (Å²) in [6, 6.07) is 1.45. The lowest BCUT2D eigenvalue weighted by molar-refractivity contribution is -0.161. The Morgan fingerprint density at radius 3 is 1.81 bits per heavy atom. The van der Waals surface area contributed by atoms with Gasteiger partial charge in [0.1, 0.15) is 0 Å². The summed E-state index contributed by atoms with van der Waals surface area (Å²) >= 11 is 0. The smallest absolute Gasteiger partial charge is 0.320 e. The summed E-state index contributed by atoms with van der Waals surface area (Å²) in [6.07, 6.45) is -0.341. The van der Waals surface area contributed by atoms with E-state index in [1.807, 2.05) is 0 Å². The van der Waals surface area contributed by atoms with E-state index in [0.29, 0.717) is 0 Å². The first-order chi connectivity index (χ1) is 9.90. The molecular weight excluding hydrogens is 289 g/mol. The van der Waals surface area contributed by atoms with Crippen LogP contribution in [0.2, 0.25) is 0 Å². The molecule has 7 heteroatoms. The molecule has 0 atom stereocenters. The van der Waals surface area contributed by atoms with Crippen LogP contribution in [0.3, 0.4) is 0 Å². The average molecular weight is 304 g/mol. The molecule has 0 radical (unpaired) electrons. The third-order valence-electron chi connectivity index (χ3n) is 2.63. The zero-order valence-electron chi connectivity index (χ0n) is 11.6. The number of benzene rings is 1. The van der Waals surface area contributed by atoms with E-state index in [1.165, 1.54) is 0 Å². The van der Waals surface area contributed by atoms with Crippen molar-refractivity contribution in [3.05, 3.63) is 35.1 Å². The van der Waals surface area contributed by atoms with Gasteiger partial charge in [0.15, 0.2) is 23.4 Å². The Hall–Kier alpha value is -2.05. The minimum Gasteiger partial charge on any atom is -0.465 e. The van der Waals surface area contributed by atoms with E-state index in [0.717, 1.165) is 12.1 Å². The van der Waals surface area contributed by atoms with Crippen LogP contribution in [-0.2, 0) is 25.5 Å². The molecular formula is C14H15F3O4. The number of carbonyl (C=O) groups excluding carboxylic acids is 2. The van der Waals surface area contributed by atoms with Crippen molar-refractivity contribution in [2.45, 2.75) is 20.3 Å². The second kappa shape index (κ2) is 7.66. The molecule has 0 unspecified atom stereocenters. The Morgan fingerprint density at radius 1 is 1.00 bits per heavy atom. The van der Waals surface area contributed by atoms with Crippen LogP contribution in [0, 0.1) is 23.4 Å². The van der Waals surface area contributed by atoms with Crippen LogP contribution < -0.4 is 0 Å². The van der Waals surface area contributed by atoms with Crippen molar-refractivity contribution in [1.29, 1.82) is 0 Å². The molecule has 0 spiro atoms. The summed E-state index contributed by atoms with van der Waals surface area (Å²) in [6.45, 7) is 3.19. The van der Waals surface area contributed by atoms with Gasteiger partial charge in [-0.2, -0.15) is 0 Å². The van der Waals surface area contributed by atoms with Crippen molar-refractivity contribution in [1.82, 2.24) is 0 Å². The monoisotopic (exact) mass is 304 g/mol. The third kappa shape index (κ3) is 4.47. The molecule has 0 aliphatic heterocycles. The number of hydrogen-bond acceptors (Lipinski definition) is 4. The molecule has 21 heavy (non-hydrogen) atoms. The minimum absolute atomic E-state index is 0.0425. The summed E-state index contributed by atoms with van der Waals surface area (Å²) in [4.78, 5) is 23.4. The fraction of sp³-hybridized carbons (Fsp3) is 0.429. The number of esters is 2. The lowest BCUT2D eigenvalue weighted by Gasteiger charge is -2.14. The first-order valence-corrected chi connectivity index (χ1v) is 6.37. The van der Waals surface area contributed by atoms with Gasteiger partial charge in [-0.05, 0) is 38.0 Å². The van der Waals surface area contributed by atoms with Gasteiger partial charge in [-0.15, -0.1) is 0 Å². The summed E-state index contributed by atoms with van der Waals surface area (Å²) in [5, 5.41) is 0. The highest BCUT2D eigenvalue weighted by Crippen LogP contribution is 2.18. The summed E-state index contributed by atoms with van der Waals surface area (Å²) in [5.41, 5.74) is -0.0440. The highest BCUT2D eigenvalue weighted by atomic mass is 19.2. The maximum absolute atomic E-state index is 13.1. The quantitative estimate of drug-likeness (QED) is 0.460. The predicted molar refractivity (Wildman–Crippen MR) is 66.8 cm³/mol. The van der Waals surface area contributed by atoms with Gasteiger partial charge in [-0.1, -0.05) is 0 Å². The molecule has 0 N–H and O–H groups in total. The average Bonchev–Trinajstić information content (AvgIpc) is 2.42. The van der Waals surface area contributed by atoms with E-state index in [1.54, 1.807) is 13.8 Å². The van der Waals surface area contributed by atoms with Crippen LogP contribution in [-0.4, -0.2) is 25.2 Å². The number of halogens is 3. The minimum atomic E-state index is -1.61. The molecule has 1 aromatic carbocycles. The van der Waals surface area contributed by atoms with Gasteiger partial charge in [0.25, 0.3) is 0 Å². The molecule has 116 valence electrons. The fourth-order valence-corrected chi connectivity index (χ4v) is 1.71. The molecule has 0 aliphatic rings. The second-order valence-electron chi connectivity index (χ2n) is 4.13. The van der Waals surface area contributed by atoms with Crippen LogP contribution in [0.5, 0.6) is 0 Å². The molecule has 0 aromatic heterocycles. The van der Waals surface area contributed by atoms with E-state index < -0.39 is 35.3 Å². The zero-order valence-corrected chi connectivity index (χ0v) is 11.6. The van der Waals surface area contributed by atoms with Gasteiger partial charge in [0.2, 0.25) is 0 Å². The van der Waals surface area contributed by atoms with Gasteiger partial charge >= 0.3 is 11.9 Å². The number of ether oxygens (including phenoxy) is 2. The van der Waals surface area contributed by atoms with E-state index in [4.69, 9.17) is 9.47 Å². The Kier molecular flexibility index (Phi) is 6.20. The van der Waals surface area contributed by atoms with Gasteiger partial charge < -0.3 is 9.47 Å². The van der Waals surface area contributed by atoms with Gasteiger partial charge in [0, 0.05) is 0 Å². The van der Waals surface area contributed by atoms with Crippen molar-refractivity contribution in [3.8, 4) is 0 Å². The summed E-state index contributed by atoms with van der Waals surface area (Å²) in [5.74, 6) is -7.47. The molecule has 1 rings (SSSR count). The van der Waals surface area contributed by atoms with E-state index >= 15 is 0 Å². The number of rotatable bonds is 6. The van der Waals surface area contributed by atoms with Gasteiger partial charge in [0.05, 0.1) is 13.2 Å². The molecule has 0 heterocycles. The van der Waals surface area contributed by atoms with E-state index in [2.05, 4.69) is 0 Å². The van der Waals surface area contributed by atoms with E-state index in [9.17, 15) is 22.8 Å². The molecule has 0 fully saturated rings. The molecule has 0 aliphatic carbocycles. The largest absolute Gasteiger partial charge is 0.465 e. The molecule has 0 bridgehead atoms. The van der Waals surface area contributed by atoms with Crippen LogP contribution in [0.25, 0.3) is 0 Å². The Morgan fingerprint density at radius 2 is 1.43 bits per heavy atom. The maximum atomic E-state index is 13.1. The SMILES string of the molecule is CCOC(=O)C(Cc1cc(F)c(F)c(F)c1)C(=O)OCC. The van der Waals surface area contributed by atoms with Crippen molar-refractivity contribution in [2.75, 3.05) is 13.2 Å². The fourth-order valence-electron chi connectivity index (χ4n) is 1.71. The molecule has 0 saturated carbocycles.